The quantitative estimate of drug-likeness (QED) is 0.734. The van der Waals surface area contributed by atoms with Gasteiger partial charge in [-0.05, 0) is 43.9 Å². The molecule has 106 valence electrons. The first-order valence-corrected chi connectivity index (χ1v) is 6.79. The van der Waals surface area contributed by atoms with Crippen molar-refractivity contribution in [1.29, 1.82) is 5.26 Å². The second-order valence-corrected chi connectivity index (χ2v) is 5.03. The third-order valence-electron chi connectivity index (χ3n) is 3.65. The lowest BCUT2D eigenvalue weighted by molar-refractivity contribution is 0.102. The Morgan fingerprint density at radius 2 is 2.19 bits per heavy atom. The fraction of sp³-hybridized carbons (Fsp3) is 0.267. The van der Waals surface area contributed by atoms with Crippen LogP contribution in [0.4, 0.5) is 5.69 Å². The molecule has 2 aromatic rings. The minimum atomic E-state index is -0.375. The first kappa shape index (κ1) is 13.2. The van der Waals surface area contributed by atoms with Crippen LogP contribution < -0.4 is 5.32 Å². The maximum absolute atomic E-state index is 12.3. The summed E-state index contributed by atoms with van der Waals surface area (Å²) in [6.07, 6.45) is 3.88. The number of aromatic hydroxyl groups is 1. The molecule has 0 saturated carbocycles. The summed E-state index contributed by atoms with van der Waals surface area (Å²) >= 11 is 0. The largest absolute Gasteiger partial charge is 0.506 e. The number of phenolic OH excluding ortho intramolecular Hbond substituents is 1. The minimum Gasteiger partial charge on any atom is -0.506 e. The molecular weight excluding hydrogens is 268 g/mol. The molecule has 21 heavy (non-hydrogen) atoms. The van der Waals surface area contributed by atoms with E-state index in [0.29, 0.717) is 11.3 Å². The van der Waals surface area contributed by atoms with Crippen molar-refractivity contribution in [1.82, 2.24) is 10.2 Å². The molecule has 6 nitrogen and oxygen atoms in total. The Morgan fingerprint density at radius 3 is 3.00 bits per heavy atom. The van der Waals surface area contributed by atoms with E-state index in [1.165, 1.54) is 18.2 Å². The highest BCUT2D eigenvalue weighted by Crippen LogP contribution is 2.26. The van der Waals surface area contributed by atoms with Crippen molar-refractivity contribution >= 4 is 11.6 Å². The molecule has 0 fully saturated rings. The molecule has 1 aliphatic rings. The van der Waals surface area contributed by atoms with Crippen molar-refractivity contribution < 1.29 is 9.90 Å². The van der Waals surface area contributed by atoms with Crippen molar-refractivity contribution in [2.45, 2.75) is 25.7 Å². The minimum absolute atomic E-state index is 0.0771. The average molecular weight is 282 g/mol. The number of aryl methyl sites for hydroxylation is 1. The highest BCUT2D eigenvalue weighted by molar-refractivity contribution is 6.04. The van der Waals surface area contributed by atoms with Crippen LogP contribution in [0.25, 0.3) is 0 Å². The SMILES string of the molecule is N#Cc1ccc(O)c(NC(=O)c2n[nH]c3c2CCCC3)c1. The Morgan fingerprint density at radius 1 is 1.38 bits per heavy atom. The fourth-order valence-electron chi connectivity index (χ4n) is 2.56. The molecule has 3 rings (SSSR count). The Labute approximate surface area is 121 Å². The smallest absolute Gasteiger partial charge is 0.276 e. The maximum atomic E-state index is 12.3. The highest BCUT2D eigenvalue weighted by atomic mass is 16.3. The molecule has 0 saturated heterocycles. The molecule has 1 aliphatic carbocycles. The number of nitriles is 1. The fourth-order valence-corrected chi connectivity index (χ4v) is 2.56. The first-order valence-electron chi connectivity index (χ1n) is 6.79. The molecule has 0 radical (unpaired) electrons. The molecule has 0 bridgehead atoms. The number of rotatable bonds is 2. The number of fused-ring (bicyclic) bond motifs is 1. The lowest BCUT2D eigenvalue weighted by Crippen LogP contribution is -2.15. The van der Waals surface area contributed by atoms with Crippen LogP contribution in [0, 0.1) is 11.3 Å². The molecule has 1 heterocycles. The van der Waals surface area contributed by atoms with Gasteiger partial charge in [0.05, 0.1) is 17.3 Å². The Hall–Kier alpha value is -2.81. The maximum Gasteiger partial charge on any atom is 0.276 e. The second-order valence-electron chi connectivity index (χ2n) is 5.03. The van der Waals surface area contributed by atoms with Gasteiger partial charge in [0.25, 0.3) is 5.91 Å². The van der Waals surface area contributed by atoms with E-state index in [2.05, 4.69) is 15.5 Å². The molecule has 1 aromatic carbocycles. The molecule has 0 aliphatic heterocycles. The molecule has 3 N–H and O–H groups in total. The summed E-state index contributed by atoms with van der Waals surface area (Å²) in [5, 5.41) is 28.2. The van der Waals surface area contributed by atoms with Crippen LogP contribution in [0.5, 0.6) is 5.75 Å². The summed E-state index contributed by atoms with van der Waals surface area (Å²) in [6.45, 7) is 0. The number of anilines is 1. The third-order valence-corrected chi connectivity index (χ3v) is 3.65. The first-order chi connectivity index (χ1) is 10.2. The van der Waals surface area contributed by atoms with Crippen LogP contribution in [-0.4, -0.2) is 21.2 Å². The zero-order valence-corrected chi connectivity index (χ0v) is 11.3. The number of hydrogen-bond donors (Lipinski definition) is 3. The van der Waals surface area contributed by atoms with E-state index in [1.807, 2.05) is 6.07 Å². The van der Waals surface area contributed by atoms with Gasteiger partial charge in [0.15, 0.2) is 5.69 Å². The number of carbonyl (C=O) groups excluding carboxylic acids is 1. The standard InChI is InChI=1S/C15H14N4O2/c16-8-9-5-6-13(20)12(7-9)17-15(21)14-10-3-1-2-4-11(10)18-19-14/h5-7,20H,1-4H2,(H,17,21)(H,18,19). The van der Waals surface area contributed by atoms with Gasteiger partial charge in [-0.1, -0.05) is 0 Å². The predicted octanol–water partition coefficient (Wildman–Crippen LogP) is 2.12. The number of amides is 1. The van der Waals surface area contributed by atoms with E-state index in [9.17, 15) is 9.90 Å². The number of aromatic amines is 1. The van der Waals surface area contributed by atoms with E-state index in [1.54, 1.807) is 0 Å². The molecule has 1 aromatic heterocycles. The van der Waals surface area contributed by atoms with Crippen molar-refractivity contribution in [3.05, 3.63) is 40.7 Å². The van der Waals surface area contributed by atoms with Gasteiger partial charge in [-0.3, -0.25) is 9.89 Å². The summed E-state index contributed by atoms with van der Waals surface area (Å²) in [5.74, 6) is -0.452. The van der Waals surface area contributed by atoms with E-state index < -0.39 is 0 Å². The lowest BCUT2D eigenvalue weighted by atomic mass is 9.96. The number of carbonyl (C=O) groups is 1. The van der Waals surface area contributed by atoms with Crippen LogP contribution in [0.2, 0.25) is 0 Å². The van der Waals surface area contributed by atoms with Gasteiger partial charge in [0.2, 0.25) is 0 Å². The van der Waals surface area contributed by atoms with Crippen molar-refractivity contribution in [2.24, 2.45) is 0 Å². The number of hydrogen-bond acceptors (Lipinski definition) is 4. The van der Waals surface area contributed by atoms with E-state index >= 15 is 0 Å². The average Bonchev–Trinajstić information content (AvgIpc) is 2.93. The van der Waals surface area contributed by atoms with Gasteiger partial charge >= 0.3 is 0 Å². The van der Waals surface area contributed by atoms with Crippen molar-refractivity contribution in [3.8, 4) is 11.8 Å². The normalized spacial score (nSPS) is 13.3. The van der Waals surface area contributed by atoms with E-state index in [4.69, 9.17) is 5.26 Å². The Balaban J connectivity index is 1.87. The second kappa shape index (κ2) is 5.29. The van der Waals surface area contributed by atoms with Gasteiger partial charge in [-0.25, -0.2) is 0 Å². The molecular formula is C15H14N4O2. The van der Waals surface area contributed by atoms with Crippen LogP contribution in [0.15, 0.2) is 18.2 Å². The topological polar surface area (TPSA) is 102 Å². The van der Waals surface area contributed by atoms with E-state index in [-0.39, 0.29) is 17.3 Å². The molecule has 0 atom stereocenters. The summed E-state index contributed by atoms with van der Waals surface area (Å²) < 4.78 is 0. The number of phenols is 1. The monoisotopic (exact) mass is 282 g/mol. The summed E-state index contributed by atoms with van der Waals surface area (Å²) in [5.41, 5.74) is 2.92. The molecule has 0 unspecified atom stereocenters. The number of benzene rings is 1. The third kappa shape index (κ3) is 2.46. The van der Waals surface area contributed by atoms with Gasteiger partial charge < -0.3 is 10.4 Å². The number of nitrogens with zero attached hydrogens (tertiary/aromatic N) is 2. The van der Waals surface area contributed by atoms with Gasteiger partial charge in [-0.2, -0.15) is 10.4 Å². The Bertz CT molecular complexity index is 743. The van der Waals surface area contributed by atoms with Gasteiger partial charge in [-0.15, -0.1) is 0 Å². The number of nitrogens with one attached hydrogen (secondary N) is 2. The summed E-state index contributed by atoms with van der Waals surface area (Å²) in [6, 6.07) is 6.28. The lowest BCUT2D eigenvalue weighted by Gasteiger charge is -2.11. The number of H-pyrrole nitrogens is 1. The van der Waals surface area contributed by atoms with Crippen LogP contribution in [-0.2, 0) is 12.8 Å². The van der Waals surface area contributed by atoms with Gasteiger partial charge in [0, 0.05) is 11.3 Å². The summed E-state index contributed by atoms with van der Waals surface area (Å²) in [7, 11) is 0. The van der Waals surface area contributed by atoms with E-state index in [0.717, 1.165) is 36.9 Å². The van der Waals surface area contributed by atoms with Crippen LogP contribution >= 0.6 is 0 Å². The van der Waals surface area contributed by atoms with Crippen LogP contribution in [0.3, 0.4) is 0 Å². The highest BCUT2D eigenvalue weighted by Gasteiger charge is 2.22. The number of aromatic nitrogens is 2. The zero-order valence-electron chi connectivity index (χ0n) is 11.3. The molecule has 0 spiro atoms. The molecule has 6 heteroatoms. The zero-order chi connectivity index (χ0) is 14.8. The van der Waals surface area contributed by atoms with Crippen LogP contribution in [0.1, 0.15) is 40.2 Å². The predicted molar refractivity (Wildman–Crippen MR) is 76.0 cm³/mol. The van der Waals surface area contributed by atoms with Crippen molar-refractivity contribution in [3.63, 3.8) is 0 Å². The summed E-state index contributed by atoms with van der Waals surface area (Å²) in [4.78, 5) is 12.3. The van der Waals surface area contributed by atoms with Gasteiger partial charge in [0.1, 0.15) is 5.75 Å². The molecule has 1 amide bonds. The Kier molecular flexibility index (Phi) is 3.32. The van der Waals surface area contributed by atoms with Crippen molar-refractivity contribution in [2.75, 3.05) is 5.32 Å².